The van der Waals surface area contributed by atoms with Crippen LogP contribution in [0.5, 0.6) is 0 Å². The minimum atomic E-state index is -0.258. The first-order valence-corrected chi connectivity index (χ1v) is 6.53. The standard InChI is InChI=1S/C15H18N2O/c1-17(2)10-12-11-5-8-16-9-13(11)15(14(12)18)6-3-4-7-15/h5,8-10H,3-4,6-7H2,1-2H3/b12-10-. The highest BCUT2D eigenvalue weighted by atomic mass is 16.1. The number of pyridine rings is 1. The second-order valence-electron chi connectivity index (χ2n) is 5.55. The summed E-state index contributed by atoms with van der Waals surface area (Å²) in [4.78, 5) is 19.0. The van der Waals surface area contributed by atoms with Gasteiger partial charge in [0.1, 0.15) is 0 Å². The Morgan fingerprint density at radius 1 is 1.33 bits per heavy atom. The molecule has 2 aliphatic carbocycles. The third-order valence-corrected chi connectivity index (χ3v) is 4.15. The molecule has 0 bridgehead atoms. The summed E-state index contributed by atoms with van der Waals surface area (Å²) in [5, 5.41) is 0. The number of carbonyl (C=O) groups excluding carboxylic acids is 1. The highest BCUT2D eigenvalue weighted by Crippen LogP contribution is 2.51. The average molecular weight is 242 g/mol. The van der Waals surface area contributed by atoms with Crippen molar-refractivity contribution in [2.45, 2.75) is 31.1 Å². The zero-order chi connectivity index (χ0) is 12.8. The fourth-order valence-corrected chi connectivity index (χ4v) is 3.37. The number of hydrogen-bond donors (Lipinski definition) is 0. The number of ketones is 1. The van der Waals surface area contributed by atoms with E-state index in [1.54, 1.807) is 6.20 Å². The molecule has 1 spiro atoms. The molecule has 0 radical (unpaired) electrons. The number of Topliss-reactive ketones (excluding diaryl/α,β-unsaturated/α-hetero) is 1. The van der Waals surface area contributed by atoms with Gasteiger partial charge in [-0.2, -0.15) is 0 Å². The highest BCUT2D eigenvalue weighted by molar-refractivity contribution is 6.29. The van der Waals surface area contributed by atoms with Gasteiger partial charge in [0.15, 0.2) is 5.78 Å². The zero-order valence-electron chi connectivity index (χ0n) is 10.9. The van der Waals surface area contributed by atoms with Gasteiger partial charge >= 0.3 is 0 Å². The summed E-state index contributed by atoms with van der Waals surface area (Å²) in [6.07, 6.45) is 9.89. The van der Waals surface area contributed by atoms with Crippen molar-refractivity contribution in [3.8, 4) is 0 Å². The second kappa shape index (κ2) is 3.94. The van der Waals surface area contributed by atoms with Gasteiger partial charge in [-0.05, 0) is 30.0 Å². The molecule has 1 aromatic rings. The molecule has 18 heavy (non-hydrogen) atoms. The van der Waals surface area contributed by atoms with Crippen molar-refractivity contribution >= 4 is 11.4 Å². The Labute approximate surface area is 108 Å². The summed E-state index contributed by atoms with van der Waals surface area (Å²) in [7, 11) is 3.92. The molecule has 0 aromatic carbocycles. The first-order valence-electron chi connectivity index (χ1n) is 6.53. The smallest absolute Gasteiger partial charge is 0.175 e. The largest absolute Gasteiger partial charge is 0.383 e. The Bertz CT molecular complexity index is 525. The number of nitrogens with zero attached hydrogens (tertiary/aromatic N) is 2. The summed E-state index contributed by atoms with van der Waals surface area (Å²) >= 11 is 0. The normalized spacial score (nSPS) is 22.8. The maximum absolute atomic E-state index is 12.8. The second-order valence-corrected chi connectivity index (χ2v) is 5.55. The highest BCUT2D eigenvalue weighted by Gasteiger charge is 2.50. The molecular weight excluding hydrogens is 224 g/mol. The Kier molecular flexibility index (Phi) is 2.51. The van der Waals surface area contributed by atoms with Crippen LogP contribution >= 0.6 is 0 Å². The zero-order valence-corrected chi connectivity index (χ0v) is 10.9. The maximum atomic E-state index is 12.8. The lowest BCUT2D eigenvalue weighted by molar-refractivity contribution is -0.118. The fourth-order valence-electron chi connectivity index (χ4n) is 3.37. The van der Waals surface area contributed by atoms with E-state index in [0.717, 1.165) is 42.4 Å². The van der Waals surface area contributed by atoms with Gasteiger partial charge in [0, 0.05) is 38.3 Å². The van der Waals surface area contributed by atoms with E-state index in [1.165, 1.54) is 0 Å². The van der Waals surface area contributed by atoms with Crippen LogP contribution in [0.2, 0.25) is 0 Å². The fraction of sp³-hybridized carbons (Fsp3) is 0.467. The minimum Gasteiger partial charge on any atom is -0.383 e. The third-order valence-electron chi connectivity index (χ3n) is 4.15. The van der Waals surface area contributed by atoms with Gasteiger partial charge in [-0.3, -0.25) is 9.78 Å². The predicted octanol–water partition coefficient (Wildman–Crippen LogP) is 2.38. The van der Waals surface area contributed by atoms with E-state index in [9.17, 15) is 4.79 Å². The maximum Gasteiger partial charge on any atom is 0.175 e. The predicted molar refractivity (Wildman–Crippen MR) is 71.1 cm³/mol. The molecular formula is C15H18N2O. The van der Waals surface area contributed by atoms with Crippen LogP contribution in [0.4, 0.5) is 0 Å². The molecule has 0 aliphatic heterocycles. The molecule has 0 atom stereocenters. The summed E-state index contributed by atoms with van der Waals surface area (Å²) in [5.74, 6) is 0.303. The molecule has 3 rings (SSSR count). The number of allylic oxidation sites excluding steroid dienone is 1. The van der Waals surface area contributed by atoms with Crippen LogP contribution in [0, 0.1) is 0 Å². The van der Waals surface area contributed by atoms with Crippen LogP contribution in [0.25, 0.3) is 5.57 Å². The van der Waals surface area contributed by atoms with E-state index in [-0.39, 0.29) is 5.41 Å². The van der Waals surface area contributed by atoms with Crippen molar-refractivity contribution in [2.75, 3.05) is 14.1 Å². The first-order chi connectivity index (χ1) is 8.65. The summed E-state index contributed by atoms with van der Waals surface area (Å²) in [5.41, 5.74) is 2.84. The molecule has 1 fully saturated rings. The summed E-state index contributed by atoms with van der Waals surface area (Å²) in [6.45, 7) is 0. The average Bonchev–Trinajstić information content (AvgIpc) is 2.92. The molecule has 0 N–H and O–H groups in total. The molecule has 2 aliphatic rings. The van der Waals surface area contributed by atoms with E-state index in [4.69, 9.17) is 0 Å². The number of hydrogen-bond acceptors (Lipinski definition) is 3. The van der Waals surface area contributed by atoms with Gasteiger partial charge in [-0.15, -0.1) is 0 Å². The molecule has 0 unspecified atom stereocenters. The van der Waals surface area contributed by atoms with E-state index < -0.39 is 0 Å². The van der Waals surface area contributed by atoms with Crippen molar-refractivity contribution in [1.82, 2.24) is 9.88 Å². The van der Waals surface area contributed by atoms with Crippen molar-refractivity contribution in [1.29, 1.82) is 0 Å². The van der Waals surface area contributed by atoms with Crippen molar-refractivity contribution in [2.24, 2.45) is 0 Å². The van der Waals surface area contributed by atoms with Gasteiger partial charge in [0.05, 0.1) is 5.41 Å². The Morgan fingerprint density at radius 2 is 2.06 bits per heavy atom. The monoisotopic (exact) mass is 242 g/mol. The summed E-state index contributed by atoms with van der Waals surface area (Å²) < 4.78 is 0. The molecule has 3 nitrogen and oxygen atoms in total. The van der Waals surface area contributed by atoms with Crippen molar-refractivity contribution in [3.63, 3.8) is 0 Å². The number of rotatable bonds is 1. The molecule has 3 heteroatoms. The van der Waals surface area contributed by atoms with E-state index in [1.807, 2.05) is 37.5 Å². The van der Waals surface area contributed by atoms with Gasteiger partial charge in [-0.25, -0.2) is 0 Å². The molecule has 0 amide bonds. The lowest BCUT2D eigenvalue weighted by Gasteiger charge is -2.21. The van der Waals surface area contributed by atoms with Gasteiger partial charge in [0.25, 0.3) is 0 Å². The number of aromatic nitrogens is 1. The number of carbonyl (C=O) groups is 1. The molecule has 0 saturated heterocycles. The lowest BCUT2D eigenvalue weighted by Crippen LogP contribution is -2.28. The molecule has 1 heterocycles. The summed E-state index contributed by atoms with van der Waals surface area (Å²) in [6, 6.07) is 1.98. The van der Waals surface area contributed by atoms with E-state index in [0.29, 0.717) is 5.78 Å². The minimum absolute atomic E-state index is 0.258. The van der Waals surface area contributed by atoms with Gasteiger partial charge in [-0.1, -0.05) is 12.8 Å². The third kappa shape index (κ3) is 1.43. The van der Waals surface area contributed by atoms with Crippen LogP contribution < -0.4 is 0 Å². The van der Waals surface area contributed by atoms with Crippen LogP contribution in [0.15, 0.2) is 24.7 Å². The Hall–Kier alpha value is -1.64. The van der Waals surface area contributed by atoms with E-state index in [2.05, 4.69) is 4.98 Å². The molecule has 94 valence electrons. The SMILES string of the molecule is CN(C)/C=C1\C(=O)C2(CCCC2)c2cnccc21. The van der Waals surface area contributed by atoms with Crippen molar-refractivity contribution in [3.05, 3.63) is 35.8 Å². The van der Waals surface area contributed by atoms with Crippen LogP contribution in [0.1, 0.15) is 36.8 Å². The lowest BCUT2D eigenvalue weighted by atomic mass is 9.80. The van der Waals surface area contributed by atoms with Gasteiger partial charge in [0.2, 0.25) is 0 Å². The Morgan fingerprint density at radius 3 is 2.72 bits per heavy atom. The van der Waals surface area contributed by atoms with Gasteiger partial charge < -0.3 is 4.90 Å². The molecule has 1 saturated carbocycles. The topological polar surface area (TPSA) is 33.2 Å². The first kappa shape index (κ1) is 11.5. The molecule has 1 aromatic heterocycles. The van der Waals surface area contributed by atoms with Crippen LogP contribution in [0.3, 0.4) is 0 Å². The van der Waals surface area contributed by atoms with Crippen LogP contribution in [-0.4, -0.2) is 29.8 Å². The quantitative estimate of drug-likeness (QED) is 0.709. The Balaban J connectivity index is 2.20. The number of fused-ring (bicyclic) bond motifs is 2. The van der Waals surface area contributed by atoms with Crippen LogP contribution in [-0.2, 0) is 10.2 Å². The van der Waals surface area contributed by atoms with E-state index >= 15 is 0 Å². The van der Waals surface area contributed by atoms with Crippen molar-refractivity contribution < 1.29 is 4.79 Å².